The number of rotatable bonds is 7. The maximum Gasteiger partial charge on any atom is 0.330 e. The third kappa shape index (κ3) is 6.06. The Kier molecular flexibility index (Phi) is 8.18. The van der Waals surface area contributed by atoms with Crippen LogP contribution in [-0.2, 0) is 14.3 Å². The number of aliphatic hydroxyl groups is 1. The van der Waals surface area contributed by atoms with Crippen LogP contribution >= 0.6 is 11.8 Å². The summed E-state index contributed by atoms with van der Waals surface area (Å²) < 4.78 is 4.48. The summed E-state index contributed by atoms with van der Waals surface area (Å²) in [6, 6.07) is -1.79. The molecule has 0 aromatic carbocycles. The first-order valence-corrected chi connectivity index (χ1v) is 6.28. The number of carbonyl (C=O) groups excluding carboxylic acids is 2. The highest BCUT2D eigenvalue weighted by Gasteiger charge is 2.22. The topological polar surface area (TPSA) is 116 Å². The van der Waals surface area contributed by atoms with Gasteiger partial charge in [0.05, 0.1) is 0 Å². The van der Waals surface area contributed by atoms with E-state index in [-0.39, 0.29) is 13.0 Å². The summed E-state index contributed by atoms with van der Waals surface area (Å²) in [7, 11) is 0. The van der Waals surface area contributed by atoms with Gasteiger partial charge in [0.15, 0.2) is 0 Å². The quantitative estimate of drug-likeness (QED) is 0.386. The molecule has 0 radical (unpaired) electrons. The van der Waals surface area contributed by atoms with Gasteiger partial charge in [0, 0.05) is 6.61 Å². The first-order chi connectivity index (χ1) is 7.52. The Balaban J connectivity index is 3.98. The van der Waals surface area contributed by atoms with Gasteiger partial charge in [0.2, 0.25) is 0 Å². The van der Waals surface area contributed by atoms with Crippen molar-refractivity contribution in [1.82, 2.24) is 0 Å². The minimum absolute atomic E-state index is 0.0617. The summed E-state index contributed by atoms with van der Waals surface area (Å²) >= 11 is 1.55. The molecule has 0 saturated carbocycles. The molecule has 0 rings (SSSR count). The molecule has 0 aromatic rings. The maximum atomic E-state index is 11.3. The van der Waals surface area contributed by atoms with E-state index in [9.17, 15) is 9.59 Å². The number of carbonyl (C=O) groups is 2. The van der Waals surface area contributed by atoms with Crippen LogP contribution in [0.4, 0.5) is 0 Å². The number of ether oxygens (including phenoxy) is 1. The highest BCUT2D eigenvalue weighted by Crippen LogP contribution is 2.01. The fourth-order valence-electron chi connectivity index (χ4n) is 0.870. The van der Waals surface area contributed by atoms with Crippen LogP contribution in [0.25, 0.3) is 0 Å². The van der Waals surface area contributed by atoms with E-state index in [0.29, 0.717) is 12.2 Å². The number of thioether (sulfide) groups is 1. The molecular weight excluding hydrogens is 232 g/mol. The number of hydrogen-bond donors (Lipinski definition) is 3. The van der Waals surface area contributed by atoms with Gasteiger partial charge in [-0.15, -0.1) is 0 Å². The van der Waals surface area contributed by atoms with Crippen molar-refractivity contribution in [3.63, 3.8) is 0 Å². The first kappa shape index (κ1) is 15.4. The van der Waals surface area contributed by atoms with Crippen LogP contribution < -0.4 is 11.5 Å². The summed E-state index contributed by atoms with van der Waals surface area (Å²) in [5.41, 5.74) is 10.8. The molecule has 16 heavy (non-hydrogen) atoms. The third-order valence-electron chi connectivity index (χ3n) is 1.88. The Bertz CT molecular complexity index is 238. The van der Waals surface area contributed by atoms with E-state index in [0.717, 1.165) is 0 Å². The minimum Gasteiger partial charge on any atom is -0.396 e. The van der Waals surface area contributed by atoms with Gasteiger partial charge in [-0.2, -0.15) is 11.8 Å². The van der Waals surface area contributed by atoms with Crippen molar-refractivity contribution in [1.29, 1.82) is 0 Å². The maximum absolute atomic E-state index is 11.3. The molecule has 2 atom stereocenters. The predicted molar refractivity (Wildman–Crippen MR) is 61.8 cm³/mol. The van der Waals surface area contributed by atoms with Crippen LogP contribution in [0.15, 0.2) is 0 Å². The molecule has 0 unspecified atom stereocenters. The second-order valence-corrected chi connectivity index (χ2v) is 4.23. The third-order valence-corrected chi connectivity index (χ3v) is 2.52. The van der Waals surface area contributed by atoms with Crippen LogP contribution in [0.5, 0.6) is 0 Å². The van der Waals surface area contributed by atoms with Crippen molar-refractivity contribution < 1.29 is 19.4 Å². The highest BCUT2D eigenvalue weighted by atomic mass is 32.2. The summed E-state index contributed by atoms with van der Waals surface area (Å²) in [5.74, 6) is -0.904. The molecule has 94 valence electrons. The molecule has 0 heterocycles. The molecule has 0 bridgehead atoms. The zero-order valence-electron chi connectivity index (χ0n) is 9.22. The Hall–Kier alpha value is -0.630. The lowest BCUT2D eigenvalue weighted by Crippen LogP contribution is -2.40. The van der Waals surface area contributed by atoms with Crippen molar-refractivity contribution in [2.75, 3.05) is 18.6 Å². The predicted octanol–water partition coefficient (Wildman–Crippen LogP) is -1.15. The van der Waals surface area contributed by atoms with E-state index >= 15 is 0 Å². The minimum atomic E-state index is -0.985. The molecule has 0 aliphatic heterocycles. The number of aliphatic hydroxyl groups excluding tert-OH is 1. The lowest BCUT2D eigenvalue weighted by Gasteiger charge is -2.12. The molecule has 5 N–H and O–H groups in total. The van der Waals surface area contributed by atoms with Crippen molar-refractivity contribution in [2.45, 2.75) is 24.9 Å². The largest absolute Gasteiger partial charge is 0.396 e. The van der Waals surface area contributed by atoms with Crippen LogP contribution in [0, 0.1) is 0 Å². The number of esters is 2. The average molecular weight is 250 g/mol. The molecule has 0 saturated heterocycles. The Morgan fingerprint density at radius 1 is 1.25 bits per heavy atom. The Labute approximate surface area is 98.7 Å². The number of nitrogens with two attached hydrogens (primary N) is 2. The van der Waals surface area contributed by atoms with Crippen molar-refractivity contribution in [2.24, 2.45) is 11.5 Å². The van der Waals surface area contributed by atoms with Crippen molar-refractivity contribution >= 4 is 23.7 Å². The molecule has 7 heteroatoms. The normalized spacial score (nSPS) is 14.2. The van der Waals surface area contributed by atoms with E-state index in [4.69, 9.17) is 16.6 Å². The summed E-state index contributed by atoms with van der Waals surface area (Å²) in [6.45, 7) is -0.233. The van der Waals surface area contributed by atoms with Crippen molar-refractivity contribution in [3.8, 4) is 0 Å². The molecule has 0 amide bonds. The molecule has 0 aromatic heterocycles. The monoisotopic (exact) mass is 250 g/mol. The highest BCUT2D eigenvalue weighted by molar-refractivity contribution is 7.98. The van der Waals surface area contributed by atoms with Gasteiger partial charge in [0.25, 0.3) is 0 Å². The van der Waals surface area contributed by atoms with E-state index in [1.54, 1.807) is 11.8 Å². The molecule has 0 spiro atoms. The Morgan fingerprint density at radius 2 is 1.75 bits per heavy atom. The lowest BCUT2D eigenvalue weighted by atomic mass is 10.2. The van der Waals surface area contributed by atoms with E-state index < -0.39 is 24.0 Å². The average Bonchev–Trinajstić information content (AvgIpc) is 2.25. The zero-order valence-corrected chi connectivity index (χ0v) is 10.0. The van der Waals surface area contributed by atoms with Crippen LogP contribution in [-0.4, -0.2) is 47.7 Å². The second kappa shape index (κ2) is 8.51. The summed E-state index contributed by atoms with van der Waals surface area (Å²) in [6.07, 6.45) is 2.40. The van der Waals surface area contributed by atoms with Gasteiger partial charge < -0.3 is 21.3 Å². The zero-order chi connectivity index (χ0) is 12.6. The van der Waals surface area contributed by atoms with Crippen LogP contribution in [0.3, 0.4) is 0 Å². The van der Waals surface area contributed by atoms with E-state index in [2.05, 4.69) is 4.74 Å². The molecule has 0 aliphatic rings. The number of hydrogen-bond acceptors (Lipinski definition) is 7. The van der Waals surface area contributed by atoms with Crippen LogP contribution in [0.1, 0.15) is 12.8 Å². The lowest BCUT2D eigenvalue weighted by molar-refractivity contribution is -0.161. The summed E-state index contributed by atoms with van der Waals surface area (Å²) in [4.78, 5) is 22.5. The molecule has 0 fully saturated rings. The van der Waals surface area contributed by atoms with Gasteiger partial charge in [-0.05, 0) is 24.9 Å². The Morgan fingerprint density at radius 3 is 2.19 bits per heavy atom. The molecule has 0 aliphatic carbocycles. The van der Waals surface area contributed by atoms with Crippen LogP contribution in [0.2, 0.25) is 0 Å². The summed E-state index contributed by atoms with van der Waals surface area (Å²) in [5, 5.41) is 8.54. The fraction of sp³-hybridized carbons (Fsp3) is 0.778. The van der Waals surface area contributed by atoms with Gasteiger partial charge in [-0.3, -0.25) is 0 Å². The second-order valence-electron chi connectivity index (χ2n) is 3.25. The van der Waals surface area contributed by atoms with E-state index in [1.807, 2.05) is 6.26 Å². The van der Waals surface area contributed by atoms with E-state index in [1.165, 1.54) is 0 Å². The fourth-order valence-corrected chi connectivity index (χ4v) is 1.36. The molecule has 6 nitrogen and oxygen atoms in total. The van der Waals surface area contributed by atoms with Crippen molar-refractivity contribution in [3.05, 3.63) is 0 Å². The smallest absolute Gasteiger partial charge is 0.330 e. The molecular formula is C9H18N2O4S. The first-order valence-electron chi connectivity index (χ1n) is 4.89. The van der Waals surface area contributed by atoms with Gasteiger partial charge in [0.1, 0.15) is 12.1 Å². The SMILES string of the molecule is CSCC[C@H](N)C(=O)OC(=O)[C@@H](N)CCO. The van der Waals surface area contributed by atoms with Gasteiger partial charge >= 0.3 is 11.9 Å². The van der Waals surface area contributed by atoms with Gasteiger partial charge in [-0.1, -0.05) is 0 Å². The van der Waals surface area contributed by atoms with Gasteiger partial charge in [-0.25, -0.2) is 9.59 Å². The standard InChI is InChI=1S/C9H18N2O4S/c1-16-5-3-7(11)9(14)15-8(13)6(10)2-4-12/h6-7,12H,2-5,10-11H2,1H3/t6-,7-/m0/s1.